The number of carbonyl (C=O) groups is 2. The van der Waals surface area contributed by atoms with E-state index in [-0.39, 0.29) is 0 Å². The zero-order chi connectivity index (χ0) is 14.4. The largest absolute Gasteiger partial charge is 0.480 e. The van der Waals surface area contributed by atoms with Crippen LogP contribution in [-0.4, -0.2) is 78.4 Å². The Hall–Kier alpha value is -1.34. The van der Waals surface area contributed by atoms with E-state index >= 15 is 0 Å². The predicted molar refractivity (Wildman–Crippen MR) is 69.9 cm³/mol. The number of likely N-dealkylation sites (tertiary alicyclic amines) is 1. The molecule has 3 N–H and O–H groups in total. The highest BCUT2D eigenvalue weighted by Crippen LogP contribution is 2.16. The third-order valence-electron chi connectivity index (χ3n) is 3.50. The maximum atomic E-state index is 11.8. The highest BCUT2D eigenvalue weighted by Gasteiger charge is 2.23. The van der Waals surface area contributed by atoms with Crippen LogP contribution in [0.25, 0.3) is 0 Å². The molecule has 0 saturated carbocycles. The number of carbonyl (C=O) groups excluding carboxylic acids is 1. The number of piperidine rings is 1. The third kappa shape index (κ3) is 5.04. The Morgan fingerprint density at radius 1 is 1.42 bits per heavy atom. The van der Waals surface area contributed by atoms with Gasteiger partial charge in [0, 0.05) is 13.6 Å². The Morgan fingerprint density at radius 2 is 2.00 bits per heavy atom. The molecule has 1 rings (SSSR count). The first-order chi connectivity index (χ1) is 8.93. The predicted octanol–water partition coefficient (Wildman–Crippen LogP) is -0.585. The van der Waals surface area contributed by atoms with Crippen LogP contribution in [0.15, 0.2) is 0 Å². The van der Waals surface area contributed by atoms with Crippen molar-refractivity contribution in [2.24, 2.45) is 5.92 Å². The minimum Gasteiger partial charge on any atom is -0.480 e. The summed E-state index contributed by atoms with van der Waals surface area (Å²) in [5.41, 5.74) is 0. The molecule has 0 aromatic heterocycles. The van der Waals surface area contributed by atoms with Gasteiger partial charge in [0.2, 0.25) is 0 Å². The summed E-state index contributed by atoms with van der Waals surface area (Å²) in [6.07, 6.45) is 2.08. The number of aliphatic hydroxyl groups excluding tert-OH is 1. The van der Waals surface area contributed by atoms with Crippen LogP contribution in [0.5, 0.6) is 0 Å². The number of hydrogen-bond acceptors (Lipinski definition) is 4. The fourth-order valence-corrected chi connectivity index (χ4v) is 2.16. The molecule has 1 unspecified atom stereocenters. The minimum absolute atomic E-state index is 0.448. The van der Waals surface area contributed by atoms with E-state index < -0.39 is 24.6 Å². The smallest absolute Gasteiger partial charge is 0.328 e. The number of carboxylic acid groups (broad SMARTS) is 1. The average molecular weight is 273 g/mol. The van der Waals surface area contributed by atoms with Gasteiger partial charge in [-0.2, -0.15) is 0 Å². The maximum Gasteiger partial charge on any atom is 0.328 e. The molecule has 1 aliphatic heterocycles. The summed E-state index contributed by atoms with van der Waals surface area (Å²) in [6.45, 7) is 2.05. The lowest BCUT2D eigenvalue weighted by atomic mass is 9.97. The third-order valence-corrected chi connectivity index (χ3v) is 3.50. The number of hydrogen-bond donors (Lipinski definition) is 3. The molecule has 0 aromatic carbocycles. The molecule has 0 spiro atoms. The van der Waals surface area contributed by atoms with Gasteiger partial charge in [-0.05, 0) is 38.9 Å². The fraction of sp³-hybridized carbons (Fsp3) is 0.833. The van der Waals surface area contributed by atoms with Crippen LogP contribution in [0.2, 0.25) is 0 Å². The van der Waals surface area contributed by atoms with Gasteiger partial charge in [0.05, 0.1) is 6.61 Å². The van der Waals surface area contributed by atoms with Gasteiger partial charge in [-0.25, -0.2) is 9.59 Å². The van der Waals surface area contributed by atoms with E-state index in [0.29, 0.717) is 12.5 Å². The minimum atomic E-state index is -1.24. The lowest BCUT2D eigenvalue weighted by Crippen LogP contribution is -2.49. The lowest BCUT2D eigenvalue weighted by Gasteiger charge is -2.32. The Bertz CT molecular complexity index is 316. The zero-order valence-corrected chi connectivity index (χ0v) is 11.5. The van der Waals surface area contributed by atoms with Crippen LogP contribution in [0.4, 0.5) is 4.79 Å². The summed E-state index contributed by atoms with van der Waals surface area (Å²) < 4.78 is 0. The van der Waals surface area contributed by atoms with Gasteiger partial charge in [-0.1, -0.05) is 0 Å². The van der Waals surface area contributed by atoms with Gasteiger partial charge in [-0.3, -0.25) is 0 Å². The molecule has 0 aromatic rings. The van der Waals surface area contributed by atoms with Gasteiger partial charge in [0.1, 0.15) is 0 Å². The van der Waals surface area contributed by atoms with Crippen LogP contribution in [0.1, 0.15) is 12.8 Å². The van der Waals surface area contributed by atoms with Gasteiger partial charge in [0.15, 0.2) is 6.04 Å². The van der Waals surface area contributed by atoms with Gasteiger partial charge >= 0.3 is 12.0 Å². The first-order valence-corrected chi connectivity index (χ1v) is 6.48. The van der Waals surface area contributed by atoms with Crippen molar-refractivity contribution < 1.29 is 19.8 Å². The van der Waals surface area contributed by atoms with E-state index in [1.165, 1.54) is 4.90 Å². The monoisotopic (exact) mass is 273 g/mol. The van der Waals surface area contributed by atoms with Crippen LogP contribution in [0, 0.1) is 5.92 Å². The SMILES string of the molecule is CN1CCC(CN(C)C(=O)NC(CO)C(=O)O)CC1. The van der Waals surface area contributed by atoms with Gasteiger partial charge < -0.3 is 25.3 Å². The van der Waals surface area contributed by atoms with E-state index in [1.54, 1.807) is 7.05 Å². The van der Waals surface area contributed by atoms with Crippen molar-refractivity contribution in [3.63, 3.8) is 0 Å². The summed E-state index contributed by atoms with van der Waals surface area (Å²) in [7, 11) is 3.72. The summed E-state index contributed by atoms with van der Waals surface area (Å²) in [5.74, 6) is -0.784. The molecule has 1 atom stereocenters. The Kier molecular flexibility index (Phi) is 6.04. The molecule has 0 radical (unpaired) electrons. The average Bonchev–Trinajstić information content (AvgIpc) is 2.37. The number of urea groups is 1. The Balaban J connectivity index is 2.38. The Morgan fingerprint density at radius 3 is 2.47 bits per heavy atom. The lowest BCUT2D eigenvalue weighted by molar-refractivity contribution is -0.140. The van der Waals surface area contributed by atoms with Crippen molar-refractivity contribution in [3.8, 4) is 0 Å². The highest BCUT2D eigenvalue weighted by atomic mass is 16.4. The second-order valence-electron chi connectivity index (χ2n) is 5.15. The molecule has 7 nitrogen and oxygen atoms in total. The van der Waals surface area contributed by atoms with Crippen molar-refractivity contribution in [1.29, 1.82) is 0 Å². The van der Waals surface area contributed by atoms with E-state index in [2.05, 4.69) is 17.3 Å². The first-order valence-electron chi connectivity index (χ1n) is 6.48. The molecule has 7 heteroatoms. The second kappa shape index (κ2) is 7.30. The number of amides is 2. The second-order valence-corrected chi connectivity index (χ2v) is 5.15. The maximum absolute atomic E-state index is 11.8. The van der Waals surface area contributed by atoms with Crippen LogP contribution >= 0.6 is 0 Å². The summed E-state index contributed by atoms with van der Waals surface area (Å²) >= 11 is 0. The molecule has 0 bridgehead atoms. The van der Waals surface area contributed by atoms with E-state index in [4.69, 9.17) is 10.2 Å². The number of aliphatic carboxylic acids is 1. The fourth-order valence-electron chi connectivity index (χ4n) is 2.16. The number of nitrogens with one attached hydrogen (secondary N) is 1. The normalized spacial score (nSPS) is 18.9. The molecule has 1 aliphatic rings. The molecule has 2 amide bonds. The number of aliphatic hydroxyl groups is 1. The van der Waals surface area contributed by atoms with E-state index in [9.17, 15) is 9.59 Å². The molecule has 19 heavy (non-hydrogen) atoms. The van der Waals surface area contributed by atoms with Crippen molar-refractivity contribution in [2.75, 3.05) is 40.3 Å². The summed E-state index contributed by atoms with van der Waals surface area (Å²) in [5, 5.41) is 19.9. The summed E-state index contributed by atoms with van der Waals surface area (Å²) in [6, 6.07) is -1.70. The molecular formula is C12H23N3O4. The molecule has 1 saturated heterocycles. The molecule has 1 heterocycles. The summed E-state index contributed by atoms with van der Waals surface area (Å²) in [4.78, 5) is 26.2. The van der Waals surface area contributed by atoms with Crippen LogP contribution < -0.4 is 5.32 Å². The van der Waals surface area contributed by atoms with Gasteiger partial charge in [-0.15, -0.1) is 0 Å². The topological polar surface area (TPSA) is 93.1 Å². The molecule has 110 valence electrons. The highest BCUT2D eigenvalue weighted by molar-refractivity contribution is 5.82. The van der Waals surface area contributed by atoms with Crippen LogP contribution in [-0.2, 0) is 4.79 Å². The van der Waals surface area contributed by atoms with Crippen molar-refractivity contribution >= 4 is 12.0 Å². The van der Waals surface area contributed by atoms with Crippen molar-refractivity contribution in [1.82, 2.24) is 15.1 Å². The van der Waals surface area contributed by atoms with E-state index in [0.717, 1.165) is 25.9 Å². The number of carboxylic acids is 1. The standard InChI is InChI=1S/C12H23N3O4/c1-14-5-3-9(4-6-14)7-15(2)12(19)13-10(8-16)11(17)18/h9-10,16H,3-8H2,1-2H3,(H,13,19)(H,17,18). The first kappa shape index (κ1) is 15.7. The van der Waals surface area contributed by atoms with Crippen LogP contribution in [0.3, 0.4) is 0 Å². The zero-order valence-electron chi connectivity index (χ0n) is 11.5. The molecule has 0 aliphatic carbocycles. The van der Waals surface area contributed by atoms with Crippen molar-refractivity contribution in [3.05, 3.63) is 0 Å². The number of nitrogens with zero attached hydrogens (tertiary/aromatic N) is 2. The quantitative estimate of drug-likeness (QED) is 0.623. The van der Waals surface area contributed by atoms with Crippen molar-refractivity contribution in [2.45, 2.75) is 18.9 Å². The molecule has 1 fully saturated rings. The number of rotatable bonds is 5. The molecular weight excluding hydrogens is 250 g/mol. The van der Waals surface area contributed by atoms with E-state index in [1.807, 2.05) is 0 Å². The Labute approximate surface area is 113 Å². The van der Waals surface area contributed by atoms with Gasteiger partial charge in [0.25, 0.3) is 0 Å².